The average molecular weight is 292 g/mol. The van der Waals surface area contributed by atoms with Crippen LogP contribution in [0.4, 0.5) is 4.79 Å². The lowest BCUT2D eigenvalue weighted by molar-refractivity contribution is -0.139. The van der Waals surface area contributed by atoms with Crippen molar-refractivity contribution in [1.82, 2.24) is 10.2 Å². The number of nitrogens with one attached hydrogen (secondary N) is 1. The van der Waals surface area contributed by atoms with Crippen molar-refractivity contribution in [2.45, 2.75) is 25.5 Å². The number of hydrogen-bond donors (Lipinski definition) is 2. The fourth-order valence-electron chi connectivity index (χ4n) is 2.30. The quantitative estimate of drug-likeness (QED) is 0.884. The molecule has 2 unspecified atom stereocenters. The normalized spacial score (nSPS) is 19.9. The molecule has 21 heavy (non-hydrogen) atoms. The van der Waals surface area contributed by atoms with E-state index in [1.807, 2.05) is 6.92 Å². The van der Waals surface area contributed by atoms with E-state index in [0.29, 0.717) is 25.3 Å². The molecule has 2 amide bonds. The summed E-state index contributed by atoms with van der Waals surface area (Å²) in [7, 11) is 0. The van der Waals surface area contributed by atoms with Crippen LogP contribution in [0.5, 0.6) is 0 Å². The van der Waals surface area contributed by atoms with Crippen LogP contribution in [0.3, 0.4) is 0 Å². The molecule has 2 atom stereocenters. The summed E-state index contributed by atoms with van der Waals surface area (Å²) in [6.45, 7) is 3.44. The number of rotatable bonds is 4. The van der Waals surface area contributed by atoms with Crippen LogP contribution < -0.4 is 5.32 Å². The van der Waals surface area contributed by atoms with Crippen LogP contribution in [0.2, 0.25) is 0 Å². The fourth-order valence-corrected chi connectivity index (χ4v) is 2.30. The number of aliphatic carboxylic acids is 1. The Morgan fingerprint density at radius 1 is 1.43 bits per heavy atom. The SMILES string of the molecule is CCC1CN(C(=O)NC(C(=O)O)c2ccccc2)CCO1. The van der Waals surface area contributed by atoms with Gasteiger partial charge in [-0.1, -0.05) is 37.3 Å². The van der Waals surface area contributed by atoms with Gasteiger partial charge in [-0.2, -0.15) is 0 Å². The second kappa shape index (κ2) is 7.08. The summed E-state index contributed by atoms with van der Waals surface area (Å²) in [5.41, 5.74) is 0.554. The van der Waals surface area contributed by atoms with Gasteiger partial charge in [0.2, 0.25) is 0 Å². The lowest BCUT2D eigenvalue weighted by Gasteiger charge is -2.33. The Bertz CT molecular complexity index is 492. The zero-order chi connectivity index (χ0) is 15.2. The molecule has 0 saturated carbocycles. The Morgan fingerprint density at radius 3 is 2.76 bits per heavy atom. The van der Waals surface area contributed by atoms with Crippen molar-refractivity contribution in [3.63, 3.8) is 0 Å². The number of ether oxygens (including phenoxy) is 1. The van der Waals surface area contributed by atoms with Gasteiger partial charge in [0.15, 0.2) is 6.04 Å². The molecule has 1 heterocycles. The summed E-state index contributed by atoms with van der Waals surface area (Å²) in [4.78, 5) is 25.2. The Morgan fingerprint density at radius 2 is 2.14 bits per heavy atom. The number of benzene rings is 1. The Labute approximate surface area is 123 Å². The van der Waals surface area contributed by atoms with Gasteiger partial charge in [-0.05, 0) is 12.0 Å². The number of hydrogen-bond acceptors (Lipinski definition) is 3. The first kappa shape index (κ1) is 15.3. The van der Waals surface area contributed by atoms with Gasteiger partial charge in [-0.3, -0.25) is 0 Å². The van der Waals surface area contributed by atoms with Crippen LogP contribution in [0, 0.1) is 0 Å². The molecular formula is C15H20N2O4. The highest BCUT2D eigenvalue weighted by Gasteiger charge is 2.27. The van der Waals surface area contributed by atoms with Crippen molar-refractivity contribution in [2.24, 2.45) is 0 Å². The monoisotopic (exact) mass is 292 g/mol. The highest BCUT2D eigenvalue weighted by atomic mass is 16.5. The maximum absolute atomic E-state index is 12.2. The Kier molecular flexibility index (Phi) is 5.16. The van der Waals surface area contributed by atoms with Gasteiger partial charge in [0, 0.05) is 13.1 Å². The molecule has 1 aromatic rings. The standard InChI is InChI=1S/C15H20N2O4/c1-2-12-10-17(8-9-21-12)15(20)16-13(14(18)19)11-6-4-3-5-7-11/h3-7,12-13H,2,8-10H2,1H3,(H,16,20)(H,18,19). The average Bonchev–Trinajstić information content (AvgIpc) is 2.53. The maximum atomic E-state index is 12.2. The number of amides is 2. The molecule has 0 bridgehead atoms. The van der Waals surface area contributed by atoms with Gasteiger partial charge in [0.05, 0.1) is 12.7 Å². The topological polar surface area (TPSA) is 78.9 Å². The van der Waals surface area contributed by atoms with E-state index < -0.39 is 12.0 Å². The Balaban J connectivity index is 2.03. The van der Waals surface area contributed by atoms with E-state index in [1.165, 1.54) is 0 Å². The molecule has 1 aliphatic heterocycles. The number of carbonyl (C=O) groups excluding carboxylic acids is 1. The number of carboxylic acids is 1. The zero-order valence-corrected chi connectivity index (χ0v) is 12.0. The van der Waals surface area contributed by atoms with Crippen molar-refractivity contribution in [1.29, 1.82) is 0 Å². The van der Waals surface area contributed by atoms with Crippen LogP contribution >= 0.6 is 0 Å². The number of urea groups is 1. The number of nitrogens with zero attached hydrogens (tertiary/aromatic N) is 1. The molecule has 1 aliphatic rings. The van der Waals surface area contributed by atoms with E-state index in [4.69, 9.17) is 4.74 Å². The third-order valence-corrected chi connectivity index (χ3v) is 3.53. The molecule has 0 aliphatic carbocycles. The summed E-state index contributed by atoms with van der Waals surface area (Å²) >= 11 is 0. The van der Waals surface area contributed by atoms with Gasteiger partial charge in [-0.15, -0.1) is 0 Å². The van der Waals surface area contributed by atoms with E-state index in [9.17, 15) is 14.7 Å². The molecular weight excluding hydrogens is 272 g/mol. The third-order valence-electron chi connectivity index (χ3n) is 3.53. The molecule has 2 rings (SSSR count). The van der Waals surface area contributed by atoms with Crippen molar-refractivity contribution < 1.29 is 19.4 Å². The largest absolute Gasteiger partial charge is 0.479 e. The third kappa shape index (κ3) is 3.95. The summed E-state index contributed by atoms with van der Waals surface area (Å²) in [6, 6.07) is 7.27. The van der Waals surface area contributed by atoms with E-state index >= 15 is 0 Å². The molecule has 0 spiro atoms. The van der Waals surface area contributed by atoms with E-state index in [-0.39, 0.29) is 12.1 Å². The highest BCUT2D eigenvalue weighted by Crippen LogP contribution is 2.14. The van der Waals surface area contributed by atoms with Gasteiger partial charge in [0.1, 0.15) is 0 Å². The van der Waals surface area contributed by atoms with Crippen molar-refractivity contribution >= 4 is 12.0 Å². The van der Waals surface area contributed by atoms with Crippen molar-refractivity contribution in [3.05, 3.63) is 35.9 Å². The first-order chi connectivity index (χ1) is 10.1. The molecule has 1 aromatic carbocycles. The van der Waals surface area contributed by atoms with Crippen LogP contribution in [-0.2, 0) is 9.53 Å². The molecule has 0 radical (unpaired) electrons. The molecule has 1 saturated heterocycles. The van der Waals surface area contributed by atoms with Crippen LogP contribution in [0.25, 0.3) is 0 Å². The number of carboxylic acid groups (broad SMARTS) is 1. The first-order valence-corrected chi connectivity index (χ1v) is 7.06. The van der Waals surface area contributed by atoms with E-state index in [0.717, 1.165) is 6.42 Å². The number of carbonyl (C=O) groups is 2. The number of morpholine rings is 1. The van der Waals surface area contributed by atoms with Crippen molar-refractivity contribution in [3.8, 4) is 0 Å². The summed E-state index contributed by atoms with van der Waals surface area (Å²) in [5, 5.41) is 11.9. The second-order valence-electron chi connectivity index (χ2n) is 4.98. The van der Waals surface area contributed by atoms with Gasteiger partial charge in [-0.25, -0.2) is 9.59 Å². The molecule has 0 aromatic heterocycles. The zero-order valence-electron chi connectivity index (χ0n) is 12.0. The summed E-state index contributed by atoms with van der Waals surface area (Å²) < 4.78 is 5.51. The smallest absolute Gasteiger partial charge is 0.330 e. The lowest BCUT2D eigenvalue weighted by Crippen LogP contribution is -2.51. The second-order valence-corrected chi connectivity index (χ2v) is 4.98. The lowest BCUT2D eigenvalue weighted by atomic mass is 10.1. The molecule has 6 nitrogen and oxygen atoms in total. The van der Waals surface area contributed by atoms with Gasteiger partial charge >= 0.3 is 12.0 Å². The summed E-state index contributed by atoms with van der Waals surface area (Å²) in [5.74, 6) is -1.07. The molecule has 6 heteroatoms. The molecule has 114 valence electrons. The summed E-state index contributed by atoms with van der Waals surface area (Å²) in [6.07, 6.45) is 0.842. The predicted molar refractivity (Wildman–Crippen MR) is 77.0 cm³/mol. The van der Waals surface area contributed by atoms with Crippen molar-refractivity contribution in [2.75, 3.05) is 19.7 Å². The predicted octanol–water partition coefficient (Wildman–Crippen LogP) is 1.63. The molecule has 1 fully saturated rings. The van der Waals surface area contributed by atoms with E-state index in [2.05, 4.69) is 5.32 Å². The fraction of sp³-hybridized carbons (Fsp3) is 0.467. The van der Waals surface area contributed by atoms with Crippen LogP contribution in [0.15, 0.2) is 30.3 Å². The first-order valence-electron chi connectivity index (χ1n) is 7.06. The highest BCUT2D eigenvalue weighted by molar-refractivity contribution is 5.83. The van der Waals surface area contributed by atoms with E-state index in [1.54, 1.807) is 35.2 Å². The minimum absolute atomic E-state index is 0.0181. The Hall–Kier alpha value is -2.08. The van der Waals surface area contributed by atoms with Gasteiger partial charge in [0.25, 0.3) is 0 Å². The van der Waals surface area contributed by atoms with Crippen LogP contribution in [0.1, 0.15) is 24.9 Å². The van der Waals surface area contributed by atoms with Gasteiger partial charge < -0.3 is 20.1 Å². The molecule has 2 N–H and O–H groups in total. The van der Waals surface area contributed by atoms with Crippen LogP contribution in [-0.4, -0.2) is 47.8 Å². The minimum Gasteiger partial charge on any atom is -0.479 e. The maximum Gasteiger partial charge on any atom is 0.330 e. The minimum atomic E-state index is -1.07.